The molecule has 0 spiro atoms. The van der Waals surface area contributed by atoms with Crippen molar-refractivity contribution in [1.82, 2.24) is 18.8 Å². The fraction of sp³-hybridized carbons (Fsp3) is 0.471. The Balaban J connectivity index is 1.77. The normalized spacial score (nSPS) is 22.8. The van der Waals surface area contributed by atoms with Crippen molar-refractivity contribution < 1.29 is 8.42 Å². The molecule has 1 fully saturated rings. The molecule has 2 aromatic heterocycles. The zero-order chi connectivity index (χ0) is 18.5. The first kappa shape index (κ1) is 17.2. The van der Waals surface area contributed by atoms with E-state index in [1.54, 1.807) is 27.9 Å². The highest BCUT2D eigenvalue weighted by molar-refractivity contribution is 7.89. The molecular formula is C17H21N5O3S. The summed E-state index contributed by atoms with van der Waals surface area (Å²) in [4.78, 5) is 20.7. The Morgan fingerprint density at radius 3 is 2.73 bits per heavy atom. The second-order valence-electron chi connectivity index (χ2n) is 6.96. The minimum absolute atomic E-state index is 0.00987. The van der Waals surface area contributed by atoms with Crippen LogP contribution in [0.5, 0.6) is 0 Å². The highest BCUT2D eigenvalue weighted by atomic mass is 32.2. The molecule has 0 saturated carbocycles. The van der Waals surface area contributed by atoms with Gasteiger partial charge in [0.2, 0.25) is 10.0 Å². The van der Waals surface area contributed by atoms with Gasteiger partial charge in [0.05, 0.1) is 11.4 Å². The summed E-state index contributed by atoms with van der Waals surface area (Å²) in [6, 6.07) is 5.13. The van der Waals surface area contributed by atoms with Gasteiger partial charge >= 0.3 is 0 Å². The van der Waals surface area contributed by atoms with Crippen LogP contribution in [-0.4, -0.2) is 46.1 Å². The zero-order valence-electron chi connectivity index (χ0n) is 14.5. The minimum atomic E-state index is -3.24. The number of sulfonamides is 1. The molecule has 0 aromatic carbocycles. The third-order valence-corrected chi connectivity index (χ3v) is 7.08. The van der Waals surface area contributed by atoms with Crippen LogP contribution < -0.4 is 11.3 Å². The highest BCUT2D eigenvalue weighted by Gasteiger charge is 2.38. The second-order valence-corrected chi connectivity index (χ2v) is 9.22. The summed E-state index contributed by atoms with van der Waals surface area (Å²) in [5, 5.41) is 0. The summed E-state index contributed by atoms with van der Waals surface area (Å²) in [5.74, 6) is 0.613. The molecule has 4 rings (SSSR count). The molecule has 138 valence electrons. The Kier molecular flexibility index (Phi) is 4.07. The molecule has 4 heterocycles. The lowest BCUT2D eigenvalue weighted by atomic mass is 9.83. The van der Waals surface area contributed by atoms with Crippen molar-refractivity contribution in [3.63, 3.8) is 0 Å². The van der Waals surface area contributed by atoms with Crippen LogP contribution in [0.3, 0.4) is 0 Å². The summed E-state index contributed by atoms with van der Waals surface area (Å²) in [6.07, 6.45) is 2.26. The van der Waals surface area contributed by atoms with Crippen LogP contribution in [-0.2, 0) is 16.6 Å². The predicted octanol–water partition coefficient (Wildman–Crippen LogP) is 0.656. The number of piperidine rings is 1. The van der Waals surface area contributed by atoms with Crippen molar-refractivity contribution >= 4 is 15.8 Å². The molecule has 2 bridgehead atoms. The van der Waals surface area contributed by atoms with Crippen LogP contribution in [0.25, 0.3) is 11.3 Å². The van der Waals surface area contributed by atoms with E-state index in [4.69, 9.17) is 5.73 Å². The summed E-state index contributed by atoms with van der Waals surface area (Å²) in [6.45, 7) is 3.12. The van der Waals surface area contributed by atoms with Crippen molar-refractivity contribution in [3.05, 3.63) is 40.6 Å². The number of nitrogens with zero attached hydrogens (tertiary/aromatic N) is 4. The van der Waals surface area contributed by atoms with Crippen LogP contribution in [0, 0.1) is 5.92 Å². The van der Waals surface area contributed by atoms with Gasteiger partial charge < -0.3 is 10.3 Å². The minimum Gasteiger partial charge on any atom is -0.384 e. The molecule has 0 radical (unpaired) electrons. The topological polar surface area (TPSA) is 111 Å². The molecule has 2 N–H and O–H groups in total. The zero-order valence-corrected chi connectivity index (χ0v) is 15.3. The van der Waals surface area contributed by atoms with Gasteiger partial charge in [0.25, 0.3) is 5.56 Å². The Hall–Kier alpha value is -2.26. The van der Waals surface area contributed by atoms with E-state index in [0.29, 0.717) is 36.7 Å². The number of hydrogen-bond donors (Lipinski definition) is 1. The van der Waals surface area contributed by atoms with E-state index in [0.717, 1.165) is 12.1 Å². The molecular weight excluding hydrogens is 354 g/mol. The smallest absolute Gasteiger partial charge is 0.251 e. The lowest BCUT2D eigenvalue weighted by Crippen LogP contribution is -2.49. The number of pyridine rings is 1. The van der Waals surface area contributed by atoms with Crippen molar-refractivity contribution in [2.75, 3.05) is 24.6 Å². The Labute approximate surface area is 151 Å². The largest absolute Gasteiger partial charge is 0.384 e. The lowest BCUT2D eigenvalue weighted by Gasteiger charge is -2.42. The average molecular weight is 375 g/mol. The maximum atomic E-state index is 12.7. The van der Waals surface area contributed by atoms with Crippen molar-refractivity contribution in [3.8, 4) is 11.3 Å². The van der Waals surface area contributed by atoms with E-state index < -0.39 is 10.0 Å². The van der Waals surface area contributed by atoms with E-state index in [2.05, 4.69) is 9.97 Å². The van der Waals surface area contributed by atoms with Gasteiger partial charge in [-0.1, -0.05) is 0 Å². The Morgan fingerprint density at radius 2 is 2.00 bits per heavy atom. The van der Waals surface area contributed by atoms with E-state index >= 15 is 0 Å². The predicted molar refractivity (Wildman–Crippen MR) is 98.0 cm³/mol. The highest BCUT2D eigenvalue weighted by Crippen LogP contribution is 2.37. The van der Waals surface area contributed by atoms with Crippen LogP contribution in [0.4, 0.5) is 5.82 Å². The molecule has 0 amide bonds. The van der Waals surface area contributed by atoms with E-state index in [1.165, 1.54) is 6.33 Å². The molecule has 2 aliphatic heterocycles. The first-order valence-electron chi connectivity index (χ1n) is 8.68. The summed E-state index contributed by atoms with van der Waals surface area (Å²) in [5.41, 5.74) is 7.79. The third-order valence-electron chi connectivity index (χ3n) is 5.27. The van der Waals surface area contributed by atoms with Gasteiger partial charge in [-0.15, -0.1) is 0 Å². The molecule has 0 unspecified atom stereocenters. The molecule has 2 aromatic rings. The van der Waals surface area contributed by atoms with Crippen LogP contribution >= 0.6 is 0 Å². The molecule has 0 aliphatic carbocycles. The van der Waals surface area contributed by atoms with Crippen molar-refractivity contribution in [2.45, 2.75) is 25.8 Å². The van der Waals surface area contributed by atoms with Gasteiger partial charge in [0, 0.05) is 48.9 Å². The maximum absolute atomic E-state index is 12.7. The first-order chi connectivity index (χ1) is 12.4. The summed E-state index contributed by atoms with van der Waals surface area (Å²) in [7, 11) is -3.24. The standard InChI is InChI=1S/C17H21N5O3S/c1-2-26(24,25)21-7-11-3-13(9-21)15-4-12(5-17(23)22(15)8-11)14-6-16(18)20-10-19-14/h4-6,10-11,13H,2-3,7-9H2,1H3,(H2,18,19,20)/t11-,13+/m0/s1. The average Bonchev–Trinajstić information content (AvgIpc) is 2.62. The number of hydrogen-bond acceptors (Lipinski definition) is 6. The second kappa shape index (κ2) is 6.17. The van der Waals surface area contributed by atoms with Crippen molar-refractivity contribution in [2.24, 2.45) is 5.92 Å². The van der Waals surface area contributed by atoms with Crippen LogP contribution in [0.2, 0.25) is 0 Å². The quantitative estimate of drug-likeness (QED) is 0.843. The Morgan fingerprint density at radius 1 is 1.19 bits per heavy atom. The molecule has 2 aliphatic rings. The van der Waals surface area contributed by atoms with Gasteiger partial charge in [-0.25, -0.2) is 22.7 Å². The molecule has 9 heteroatoms. The Bertz CT molecular complexity index is 1020. The molecule has 26 heavy (non-hydrogen) atoms. The lowest BCUT2D eigenvalue weighted by molar-refractivity contribution is 0.186. The van der Waals surface area contributed by atoms with Gasteiger partial charge in [-0.3, -0.25) is 4.79 Å². The van der Waals surface area contributed by atoms with E-state index in [9.17, 15) is 13.2 Å². The number of fused-ring (bicyclic) bond motifs is 4. The maximum Gasteiger partial charge on any atom is 0.251 e. The number of aromatic nitrogens is 3. The number of rotatable bonds is 3. The number of anilines is 1. The summed E-state index contributed by atoms with van der Waals surface area (Å²) >= 11 is 0. The van der Waals surface area contributed by atoms with Crippen molar-refractivity contribution in [1.29, 1.82) is 0 Å². The molecule has 2 atom stereocenters. The van der Waals surface area contributed by atoms with Crippen LogP contribution in [0.1, 0.15) is 25.0 Å². The fourth-order valence-electron chi connectivity index (χ4n) is 4.00. The first-order valence-corrected chi connectivity index (χ1v) is 10.3. The van der Waals surface area contributed by atoms with Crippen LogP contribution in [0.15, 0.2) is 29.3 Å². The number of nitrogens with two attached hydrogens (primary N) is 1. The van der Waals surface area contributed by atoms with Gasteiger partial charge in [0.15, 0.2) is 0 Å². The van der Waals surface area contributed by atoms with E-state index in [1.807, 2.05) is 6.07 Å². The van der Waals surface area contributed by atoms with Gasteiger partial charge in [-0.05, 0) is 25.3 Å². The van der Waals surface area contributed by atoms with E-state index in [-0.39, 0.29) is 23.1 Å². The SMILES string of the molecule is CCS(=O)(=O)N1C[C@@H]2C[C@H](C1)c1cc(-c3cc(N)ncn3)cc(=O)n1C2. The molecule has 8 nitrogen and oxygen atoms in total. The fourth-order valence-corrected chi connectivity index (χ4v) is 5.21. The van der Waals surface area contributed by atoms with Gasteiger partial charge in [-0.2, -0.15) is 0 Å². The third kappa shape index (κ3) is 2.90. The molecule has 1 saturated heterocycles. The monoisotopic (exact) mass is 375 g/mol. The number of nitrogen functional groups attached to an aromatic ring is 1. The van der Waals surface area contributed by atoms with Gasteiger partial charge in [0.1, 0.15) is 12.1 Å². The summed E-state index contributed by atoms with van der Waals surface area (Å²) < 4.78 is 28.0.